The van der Waals surface area contributed by atoms with Gasteiger partial charge in [0.25, 0.3) is 0 Å². The SMILES string of the molecule is COCC(=O)CCCCCCCN(CCCCCCCC(=O)OC)Cc1ccccc1. The Kier molecular flexibility index (Phi) is 16.7. The van der Waals surface area contributed by atoms with Gasteiger partial charge in [-0.1, -0.05) is 68.9 Å². The van der Waals surface area contributed by atoms with Crippen molar-refractivity contribution in [2.24, 2.45) is 0 Å². The lowest BCUT2D eigenvalue weighted by atomic mass is 10.1. The highest BCUT2D eigenvalue weighted by atomic mass is 16.5. The van der Waals surface area contributed by atoms with Crippen molar-refractivity contribution in [2.75, 3.05) is 33.9 Å². The maximum Gasteiger partial charge on any atom is 0.305 e. The van der Waals surface area contributed by atoms with Crippen LogP contribution in [0.3, 0.4) is 0 Å². The number of hydrogen-bond acceptors (Lipinski definition) is 5. The molecular weight excluding hydrogens is 390 g/mol. The summed E-state index contributed by atoms with van der Waals surface area (Å²) in [6.07, 6.45) is 12.5. The van der Waals surface area contributed by atoms with Gasteiger partial charge in [0, 0.05) is 26.5 Å². The summed E-state index contributed by atoms with van der Waals surface area (Å²) in [5, 5.41) is 0. The number of nitrogens with zero attached hydrogens (tertiary/aromatic N) is 1. The highest BCUT2D eigenvalue weighted by molar-refractivity contribution is 5.79. The zero-order valence-electron chi connectivity index (χ0n) is 19.8. The third-order valence-corrected chi connectivity index (χ3v) is 5.57. The summed E-state index contributed by atoms with van der Waals surface area (Å²) in [5.41, 5.74) is 1.37. The minimum atomic E-state index is -0.101. The fourth-order valence-electron chi connectivity index (χ4n) is 3.77. The topological polar surface area (TPSA) is 55.8 Å². The number of benzene rings is 1. The molecule has 0 saturated heterocycles. The second kappa shape index (κ2) is 19.0. The molecule has 176 valence electrons. The Morgan fingerprint density at radius 2 is 1.29 bits per heavy atom. The molecule has 31 heavy (non-hydrogen) atoms. The van der Waals surface area contributed by atoms with Crippen molar-refractivity contribution < 1.29 is 19.1 Å². The molecule has 0 aliphatic rings. The first-order valence-electron chi connectivity index (χ1n) is 12.0. The van der Waals surface area contributed by atoms with Gasteiger partial charge in [-0.15, -0.1) is 0 Å². The summed E-state index contributed by atoms with van der Waals surface area (Å²) in [5.74, 6) is 0.109. The second-order valence-electron chi connectivity index (χ2n) is 8.35. The highest BCUT2D eigenvalue weighted by Gasteiger charge is 2.07. The Morgan fingerprint density at radius 3 is 1.87 bits per heavy atom. The molecule has 0 bridgehead atoms. The van der Waals surface area contributed by atoms with E-state index in [9.17, 15) is 9.59 Å². The van der Waals surface area contributed by atoms with Crippen molar-refractivity contribution >= 4 is 11.8 Å². The van der Waals surface area contributed by atoms with E-state index in [0.717, 1.165) is 45.3 Å². The Morgan fingerprint density at radius 1 is 0.742 bits per heavy atom. The minimum absolute atomic E-state index is 0.101. The Hall–Kier alpha value is -1.72. The molecule has 0 atom stereocenters. The molecule has 0 aromatic heterocycles. The van der Waals surface area contributed by atoms with Gasteiger partial charge in [0.1, 0.15) is 6.61 Å². The molecule has 0 spiro atoms. The average molecular weight is 434 g/mol. The predicted octanol–water partition coefficient (Wildman–Crippen LogP) is 5.56. The van der Waals surface area contributed by atoms with Crippen LogP contribution in [0.5, 0.6) is 0 Å². The fraction of sp³-hybridized carbons (Fsp3) is 0.692. The molecule has 0 aliphatic carbocycles. The number of carbonyl (C=O) groups excluding carboxylic acids is 2. The number of methoxy groups -OCH3 is 2. The Balaban J connectivity index is 2.20. The van der Waals surface area contributed by atoms with Gasteiger partial charge < -0.3 is 9.47 Å². The lowest BCUT2D eigenvalue weighted by Crippen LogP contribution is -2.25. The molecule has 0 unspecified atom stereocenters. The standard InChI is InChI=1S/C26H43NO4/c1-30-23-25(28)18-12-5-3-7-14-20-27(22-24-16-10-9-11-17-24)21-15-8-4-6-13-19-26(29)31-2/h9-11,16-17H,3-8,12-15,18-23H2,1-2H3. The summed E-state index contributed by atoms with van der Waals surface area (Å²) < 4.78 is 9.56. The monoisotopic (exact) mass is 433 g/mol. The van der Waals surface area contributed by atoms with Gasteiger partial charge in [-0.05, 0) is 44.3 Å². The van der Waals surface area contributed by atoms with Gasteiger partial charge in [-0.25, -0.2) is 0 Å². The third-order valence-electron chi connectivity index (χ3n) is 5.57. The molecule has 1 aromatic rings. The zero-order chi connectivity index (χ0) is 22.6. The van der Waals surface area contributed by atoms with Crippen molar-refractivity contribution in [2.45, 2.75) is 83.6 Å². The minimum Gasteiger partial charge on any atom is -0.469 e. The van der Waals surface area contributed by atoms with E-state index in [0.29, 0.717) is 12.8 Å². The maximum atomic E-state index is 11.5. The quantitative estimate of drug-likeness (QED) is 0.199. The summed E-state index contributed by atoms with van der Waals surface area (Å²) in [6.45, 7) is 3.51. The van der Waals surface area contributed by atoms with Crippen LogP contribution in [-0.2, 0) is 25.6 Å². The van der Waals surface area contributed by atoms with E-state index >= 15 is 0 Å². The molecule has 0 fully saturated rings. The van der Waals surface area contributed by atoms with Crippen molar-refractivity contribution in [3.63, 3.8) is 0 Å². The van der Waals surface area contributed by atoms with E-state index in [-0.39, 0.29) is 18.4 Å². The molecule has 0 amide bonds. The van der Waals surface area contributed by atoms with Gasteiger partial charge in [0.05, 0.1) is 7.11 Å². The average Bonchev–Trinajstić information content (AvgIpc) is 2.78. The second-order valence-corrected chi connectivity index (χ2v) is 8.35. The summed E-state index contributed by atoms with van der Waals surface area (Å²) in [6, 6.07) is 10.7. The number of unbranched alkanes of at least 4 members (excludes halogenated alkanes) is 8. The first-order chi connectivity index (χ1) is 15.2. The van der Waals surface area contributed by atoms with E-state index in [1.54, 1.807) is 7.11 Å². The summed E-state index contributed by atoms with van der Waals surface area (Å²) in [7, 11) is 3.03. The van der Waals surface area contributed by atoms with E-state index in [4.69, 9.17) is 4.74 Å². The van der Waals surface area contributed by atoms with Crippen molar-refractivity contribution in [1.29, 1.82) is 0 Å². The van der Waals surface area contributed by atoms with Gasteiger partial charge >= 0.3 is 5.97 Å². The molecular formula is C26H43NO4. The van der Waals surface area contributed by atoms with E-state index < -0.39 is 0 Å². The van der Waals surface area contributed by atoms with E-state index in [2.05, 4.69) is 40.0 Å². The Bertz CT molecular complexity index is 576. The van der Waals surface area contributed by atoms with Gasteiger partial charge in [-0.3, -0.25) is 14.5 Å². The number of rotatable bonds is 20. The largest absolute Gasteiger partial charge is 0.469 e. The molecule has 5 nitrogen and oxygen atoms in total. The Labute approximate surface area is 189 Å². The van der Waals surface area contributed by atoms with Crippen LogP contribution in [0, 0.1) is 0 Å². The number of ether oxygens (including phenoxy) is 2. The number of carbonyl (C=O) groups is 2. The van der Waals surface area contributed by atoms with Crippen LogP contribution in [0.15, 0.2) is 30.3 Å². The van der Waals surface area contributed by atoms with Crippen LogP contribution >= 0.6 is 0 Å². The molecule has 5 heteroatoms. The van der Waals surface area contributed by atoms with Crippen LogP contribution in [0.1, 0.15) is 82.6 Å². The summed E-state index contributed by atoms with van der Waals surface area (Å²) >= 11 is 0. The van der Waals surface area contributed by atoms with E-state index in [1.165, 1.54) is 51.2 Å². The van der Waals surface area contributed by atoms with Gasteiger partial charge in [0.15, 0.2) is 5.78 Å². The van der Waals surface area contributed by atoms with Crippen LogP contribution in [-0.4, -0.2) is 50.6 Å². The smallest absolute Gasteiger partial charge is 0.305 e. The number of Topliss-reactive ketones (excluding diaryl/α,β-unsaturated/α-hetero) is 1. The lowest BCUT2D eigenvalue weighted by Gasteiger charge is -2.22. The number of hydrogen-bond donors (Lipinski definition) is 0. The maximum absolute atomic E-state index is 11.5. The third kappa shape index (κ3) is 15.7. The number of ketones is 1. The molecule has 1 rings (SSSR count). The molecule has 0 saturated carbocycles. The van der Waals surface area contributed by atoms with Crippen molar-refractivity contribution in [3.8, 4) is 0 Å². The first-order valence-corrected chi connectivity index (χ1v) is 12.0. The van der Waals surface area contributed by atoms with Crippen LogP contribution in [0.2, 0.25) is 0 Å². The molecule has 1 aromatic carbocycles. The van der Waals surface area contributed by atoms with Crippen LogP contribution < -0.4 is 0 Å². The fourth-order valence-corrected chi connectivity index (χ4v) is 3.77. The highest BCUT2D eigenvalue weighted by Crippen LogP contribution is 2.12. The van der Waals surface area contributed by atoms with Crippen LogP contribution in [0.25, 0.3) is 0 Å². The van der Waals surface area contributed by atoms with E-state index in [1.807, 2.05) is 0 Å². The van der Waals surface area contributed by atoms with Crippen molar-refractivity contribution in [3.05, 3.63) is 35.9 Å². The van der Waals surface area contributed by atoms with Gasteiger partial charge in [-0.2, -0.15) is 0 Å². The normalized spacial score (nSPS) is 11.1. The van der Waals surface area contributed by atoms with Crippen molar-refractivity contribution in [1.82, 2.24) is 4.90 Å². The molecule has 0 heterocycles. The summed E-state index contributed by atoms with van der Waals surface area (Å²) in [4.78, 5) is 25.2. The van der Waals surface area contributed by atoms with Crippen LogP contribution in [0.4, 0.5) is 0 Å². The predicted molar refractivity (Wildman–Crippen MR) is 126 cm³/mol. The molecule has 0 aliphatic heterocycles. The zero-order valence-corrected chi connectivity index (χ0v) is 19.8. The first kappa shape index (κ1) is 27.3. The molecule has 0 radical (unpaired) electrons. The van der Waals surface area contributed by atoms with Gasteiger partial charge in [0.2, 0.25) is 0 Å². The number of esters is 1. The molecule has 0 N–H and O–H groups in total. The lowest BCUT2D eigenvalue weighted by molar-refractivity contribution is -0.140.